The molecule has 2 aromatic heterocycles. The van der Waals surface area contributed by atoms with E-state index in [9.17, 15) is 4.79 Å². The van der Waals surface area contributed by atoms with Gasteiger partial charge in [0, 0.05) is 11.8 Å². The van der Waals surface area contributed by atoms with Crippen LogP contribution in [0.2, 0.25) is 0 Å². The van der Waals surface area contributed by atoms with E-state index in [0.717, 1.165) is 24.4 Å². The predicted octanol–water partition coefficient (Wildman–Crippen LogP) is 1.77. The monoisotopic (exact) mass is 251 g/mol. The molecule has 0 spiro atoms. The number of H-pyrrole nitrogens is 1. The molecule has 2 heterocycles. The summed E-state index contributed by atoms with van der Waals surface area (Å²) in [5, 5.41) is 11.7. The molecule has 0 aliphatic rings. The zero-order chi connectivity index (χ0) is 12.3. The van der Waals surface area contributed by atoms with Gasteiger partial charge in [-0.05, 0) is 13.3 Å². The highest BCUT2D eigenvalue weighted by molar-refractivity contribution is 7.13. The van der Waals surface area contributed by atoms with Crippen molar-refractivity contribution < 1.29 is 4.79 Å². The molecule has 0 aliphatic heterocycles. The molecule has 0 aromatic carbocycles. The molecule has 0 fully saturated rings. The number of nitrogens with one attached hydrogen (secondary N) is 2. The molecule has 0 unspecified atom stereocenters. The molecule has 90 valence electrons. The Labute approximate surface area is 103 Å². The maximum atomic E-state index is 11.8. The third-order valence-electron chi connectivity index (χ3n) is 2.06. The van der Waals surface area contributed by atoms with Crippen molar-refractivity contribution in [2.45, 2.75) is 26.7 Å². The molecule has 1 amide bonds. The Morgan fingerprint density at radius 2 is 2.35 bits per heavy atom. The van der Waals surface area contributed by atoms with E-state index in [2.05, 4.69) is 25.5 Å². The average molecular weight is 251 g/mol. The summed E-state index contributed by atoms with van der Waals surface area (Å²) in [6.07, 6.45) is 1.75. The summed E-state index contributed by atoms with van der Waals surface area (Å²) in [6.45, 7) is 3.92. The van der Waals surface area contributed by atoms with Crippen LogP contribution in [0.15, 0.2) is 5.38 Å². The highest BCUT2D eigenvalue weighted by Crippen LogP contribution is 2.14. The zero-order valence-electron chi connectivity index (χ0n) is 9.65. The molecule has 0 radical (unpaired) electrons. The summed E-state index contributed by atoms with van der Waals surface area (Å²) in [4.78, 5) is 20.0. The number of carbonyl (C=O) groups is 1. The first-order valence-electron chi connectivity index (χ1n) is 5.33. The lowest BCUT2D eigenvalue weighted by atomic mass is 10.3. The first-order valence-corrected chi connectivity index (χ1v) is 6.21. The molecule has 17 heavy (non-hydrogen) atoms. The zero-order valence-corrected chi connectivity index (χ0v) is 10.5. The summed E-state index contributed by atoms with van der Waals surface area (Å²) in [7, 11) is 0. The van der Waals surface area contributed by atoms with Gasteiger partial charge in [0.1, 0.15) is 5.82 Å². The van der Waals surface area contributed by atoms with Gasteiger partial charge in [0.05, 0.1) is 5.69 Å². The van der Waals surface area contributed by atoms with Crippen LogP contribution in [0.25, 0.3) is 0 Å². The van der Waals surface area contributed by atoms with Gasteiger partial charge in [-0.3, -0.25) is 15.2 Å². The Morgan fingerprint density at radius 3 is 3.00 bits per heavy atom. The summed E-state index contributed by atoms with van der Waals surface area (Å²) in [6, 6.07) is 0. The number of rotatable bonds is 4. The number of carbonyl (C=O) groups excluding carboxylic acids is 1. The maximum Gasteiger partial charge on any atom is 0.297 e. The minimum absolute atomic E-state index is 0.154. The molecule has 2 N–H and O–H groups in total. The van der Waals surface area contributed by atoms with Crippen molar-refractivity contribution in [3.63, 3.8) is 0 Å². The van der Waals surface area contributed by atoms with E-state index < -0.39 is 0 Å². The predicted molar refractivity (Wildman–Crippen MR) is 65.2 cm³/mol. The number of thiazole rings is 1. The molecule has 0 saturated heterocycles. The van der Waals surface area contributed by atoms with E-state index in [0.29, 0.717) is 5.13 Å². The van der Waals surface area contributed by atoms with Crippen LogP contribution >= 0.6 is 11.3 Å². The van der Waals surface area contributed by atoms with Gasteiger partial charge in [0.15, 0.2) is 5.13 Å². The fraction of sp³-hybridized carbons (Fsp3) is 0.400. The van der Waals surface area contributed by atoms with Gasteiger partial charge in [-0.1, -0.05) is 6.92 Å². The second kappa shape index (κ2) is 5.05. The van der Waals surface area contributed by atoms with Gasteiger partial charge in [-0.2, -0.15) is 0 Å². The van der Waals surface area contributed by atoms with E-state index in [4.69, 9.17) is 0 Å². The fourth-order valence-corrected chi connectivity index (χ4v) is 1.99. The molecule has 0 atom stereocenters. The SMILES string of the molecule is CCCc1nc(C(=O)Nc2nc(C)cs2)n[nH]1. The molecule has 0 aliphatic carbocycles. The average Bonchev–Trinajstić information content (AvgIpc) is 2.88. The van der Waals surface area contributed by atoms with Gasteiger partial charge in [-0.25, -0.2) is 9.97 Å². The second-order valence-electron chi connectivity index (χ2n) is 3.60. The standard InChI is InChI=1S/C10H13N5OS/c1-3-4-7-12-8(15-14-7)9(16)13-10-11-6(2)5-17-10/h5H,3-4H2,1-2H3,(H,11,13,16)(H,12,14,15). The number of aromatic amines is 1. The lowest BCUT2D eigenvalue weighted by Gasteiger charge is -1.95. The normalized spacial score (nSPS) is 10.5. The van der Waals surface area contributed by atoms with E-state index >= 15 is 0 Å². The number of nitrogens with zero attached hydrogens (tertiary/aromatic N) is 3. The van der Waals surface area contributed by atoms with Crippen LogP contribution in [0, 0.1) is 6.92 Å². The van der Waals surface area contributed by atoms with Crippen molar-refractivity contribution in [1.29, 1.82) is 0 Å². The molecule has 2 rings (SSSR count). The van der Waals surface area contributed by atoms with Gasteiger partial charge in [-0.15, -0.1) is 16.4 Å². The number of hydrogen-bond donors (Lipinski definition) is 2. The van der Waals surface area contributed by atoms with Gasteiger partial charge in [0.25, 0.3) is 5.91 Å². The number of hydrogen-bond acceptors (Lipinski definition) is 5. The lowest BCUT2D eigenvalue weighted by Crippen LogP contribution is -2.13. The second-order valence-corrected chi connectivity index (χ2v) is 4.46. The van der Waals surface area contributed by atoms with Crippen molar-refractivity contribution in [3.8, 4) is 0 Å². The highest BCUT2D eigenvalue weighted by atomic mass is 32.1. The molecule has 6 nitrogen and oxygen atoms in total. The molecule has 7 heteroatoms. The third kappa shape index (κ3) is 2.88. The highest BCUT2D eigenvalue weighted by Gasteiger charge is 2.13. The van der Waals surface area contributed by atoms with Crippen molar-refractivity contribution >= 4 is 22.4 Å². The molecular formula is C10H13N5OS. The quantitative estimate of drug-likeness (QED) is 0.867. The van der Waals surface area contributed by atoms with Crippen molar-refractivity contribution in [2.24, 2.45) is 0 Å². The number of aryl methyl sites for hydroxylation is 2. The first kappa shape index (κ1) is 11.7. The largest absolute Gasteiger partial charge is 0.297 e. The summed E-state index contributed by atoms with van der Waals surface area (Å²) in [5.74, 6) is 0.548. The van der Waals surface area contributed by atoms with Crippen LogP contribution in [0.4, 0.5) is 5.13 Å². The lowest BCUT2D eigenvalue weighted by molar-refractivity contribution is 0.101. The first-order chi connectivity index (χ1) is 8.19. The van der Waals surface area contributed by atoms with E-state index in [1.54, 1.807) is 0 Å². The minimum atomic E-state index is -0.335. The van der Waals surface area contributed by atoms with Crippen LogP contribution in [0.5, 0.6) is 0 Å². The van der Waals surface area contributed by atoms with Crippen molar-refractivity contribution in [1.82, 2.24) is 20.2 Å². The van der Waals surface area contributed by atoms with E-state index in [-0.39, 0.29) is 11.7 Å². The fourth-order valence-electron chi connectivity index (χ4n) is 1.31. The number of anilines is 1. The van der Waals surface area contributed by atoms with Crippen LogP contribution in [0.3, 0.4) is 0 Å². The van der Waals surface area contributed by atoms with Crippen LogP contribution in [0.1, 0.15) is 35.5 Å². The van der Waals surface area contributed by atoms with Gasteiger partial charge in [0.2, 0.25) is 5.82 Å². The maximum absolute atomic E-state index is 11.8. The van der Waals surface area contributed by atoms with E-state index in [1.165, 1.54) is 11.3 Å². The Morgan fingerprint density at radius 1 is 1.53 bits per heavy atom. The van der Waals surface area contributed by atoms with Crippen molar-refractivity contribution in [3.05, 3.63) is 22.7 Å². The Kier molecular flexibility index (Phi) is 3.48. The van der Waals surface area contributed by atoms with Crippen LogP contribution < -0.4 is 5.32 Å². The third-order valence-corrected chi connectivity index (χ3v) is 2.94. The van der Waals surface area contributed by atoms with Crippen LogP contribution in [-0.4, -0.2) is 26.1 Å². The number of amides is 1. The molecule has 0 bridgehead atoms. The molecular weight excluding hydrogens is 238 g/mol. The summed E-state index contributed by atoms with van der Waals surface area (Å²) < 4.78 is 0. The Balaban J connectivity index is 2.03. The molecule has 0 saturated carbocycles. The Hall–Kier alpha value is -1.76. The van der Waals surface area contributed by atoms with Crippen molar-refractivity contribution in [2.75, 3.05) is 5.32 Å². The van der Waals surface area contributed by atoms with Gasteiger partial charge >= 0.3 is 0 Å². The summed E-state index contributed by atoms with van der Waals surface area (Å²) in [5.41, 5.74) is 0.881. The minimum Gasteiger partial charge on any atom is -0.295 e. The number of aromatic nitrogens is 4. The molecule has 2 aromatic rings. The topological polar surface area (TPSA) is 83.6 Å². The summed E-state index contributed by atoms with van der Waals surface area (Å²) >= 11 is 1.38. The van der Waals surface area contributed by atoms with Gasteiger partial charge < -0.3 is 0 Å². The Bertz CT molecular complexity index is 518. The van der Waals surface area contributed by atoms with E-state index in [1.807, 2.05) is 19.2 Å². The smallest absolute Gasteiger partial charge is 0.295 e. The van der Waals surface area contributed by atoms with Crippen LogP contribution in [-0.2, 0) is 6.42 Å².